The molecule has 376 valence electrons. The second-order valence-corrected chi connectivity index (χ2v) is 20.1. The van der Waals surface area contributed by atoms with Crippen LogP contribution in [0.2, 0.25) is 0 Å². The van der Waals surface area contributed by atoms with E-state index in [4.69, 9.17) is 18.9 Å². The summed E-state index contributed by atoms with van der Waals surface area (Å²) in [7, 11) is 0. The van der Waals surface area contributed by atoms with Crippen LogP contribution in [0.5, 0.6) is 0 Å². The average molecular weight is 921 g/mol. The molecule has 0 atom stereocenters. The van der Waals surface area contributed by atoms with Crippen molar-refractivity contribution in [2.24, 2.45) is 23.7 Å². The van der Waals surface area contributed by atoms with Crippen LogP contribution >= 0.6 is 0 Å². The lowest BCUT2D eigenvalue weighted by atomic mass is 10.0. The van der Waals surface area contributed by atoms with Gasteiger partial charge in [0.2, 0.25) is 0 Å². The van der Waals surface area contributed by atoms with Gasteiger partial charge < -0.3 is 18.9 Å². The first-order valence-electron chi connectivity index (χ1n) is 26.7. The zero-order chi connectivity index (χ0) is 48.6. The minimum Gasteiger partial charge on any atom is -0.462 e. The summed E-state index contributed by atoms with van der Waals surface area (Å²) >= 11 is 0. The van der Waals surface area contributed by atoms with Gasteiger partial charge in [-0.2, -0.15) is 0 Å². The fourth-order valence-electron chi connectivity index (χ4n) is 7.74. The Hall–Kier alpha value is -3.68. The molecule has 0 bridgehead atoms. The molecule has 0 aliphatic heterocycles. The normalized spacial score (nSPS) is 11.2. The maximum atomic E-state index is 12.6. The monoisotopic (exact) mass is 921 g/mol. The molecular formula is C58H96O8. The summed E-state index contributed by atoms with van der Waals surface area (Å²) in [6, 6.07) is 13.6. The summed E-state index contributed by atoms with van der Waals surface area (Å²) in [5.41, 5.74) is 1.18. The lowest BCUT2D eigenvalue weighted by Gasteiger charge is -2.10. The molecule has 0 saturated carbocycles. The molecule has 0 amide bonds. The first kappa shape index (κ1) is 60.3. The molecule has 8 nitrogen and oxygen atoms in total. The van der Waals surface area contributed by atoms with Crippen LogP contribution in [0.1, 0.15) is 264 Å². The third kappa shape index (κ3) is 32.9. The van der Waals surface area contributed by atoms with Crippen LogP contribution in [0.3, 0.4) is 0 Å². The number of unbranched alkanes of at least 4 members (excludes halogenated alkanes) is 18. The van der Waals surface area contributed by atoms with E-state index < -0.39 is 23.9 Å². The van der Waals surface area contributed by atoms with E-state index >= 15 is 0 Å². The molecule has 2 aromatic carbocycles. The Labute approximate surface area is 403 Å². The lowest BCUT2D eigenvalue weighted by Crippen LogP contribution is -2.15. The Morgan fingerprint density at radius 1 is 0.288 bits per heavy atom. The van der Waals surface area contributed by atoms with E-state index in [1.807, 2.05) is 0 Å². The molecule has 0 N–H and O–H groups in total. The number of ether oxygens (including phenoxy) is 4. The van der Waals surface area contributed by atoms with Crippen molar-refractivity contribution in [1.82, 2.24) is 0 Å². The van der Waals surface area contributed by atoms with Gasteiger partial charge in [0.25, 0.3) is 0 Å². The molecule has 0 saturated heterocycles. The molecule has 0 fully saturated rings. The molecule has 0 spiro atoms. The second-order valence-electron chi connectivity index (χ2n) is 20.1. The number of hydrogen-bond donors (Lipinski definition) is 0. The van der Waals surface area contributed by atoms with Crippen molar-refractivity contribution < 1.29 is 38.1 Å². The third-order valence-electron chi connectivity index (χ3n) is 11.9. The molecule has 0 aliphatic carbocycles. The topological polar surface area (TPSA) is 105 Å². The molecule has 66 heavy (non-hydrogen) atoms. The largest absolute Gasteiger partial charge is 0.462 e. The van der Waals surface area contributed by atoms with Crippen LogP contribution in [-0.4, -0.2) is 50.3 Å². The van der Waals surface area contributed by atoms with Crippen molar-refractivity contribution in [3.05, 3.63) is 70.8 Å². The minimum atomic E-state index is -0.446. The standard InChI is InChI=1S/C32H54O4.C26H42O4/c1-27(2)21-15-11-7-5-9-13-19-25-35-31(33)29-23-17-18-24-30(29)32(34)36-26-20-14-10-6-8-12-16-22-28(3)4;1-21(2)15-9-5-7-13-19-29-25(27)23-17-11-12-18-24(23)26(28)30-20-14-8-6-10-16-22(3)4/h17-18,23-24,27-28H,5-16,19-22,25-26H2,1-4H3;11-12,17-18,21-22H,5-10,13-16,19-20H2,1-4H3. The van der Waals surface area contributed by atoms with Crippen molar-refractivity contribution in [3.63, 3.8) is 0 Å². The fourth-order valence-corrected chi connectivity index (χ4v) is 7.74. The molecule has 2 aromatic rings. The maximum absolute atomic E-state index is 12.6. The van der Waals surface area contributed by atoms with E-state index in [2.05, 4.69) is 55.4 Å². The lowest BCUT2D eigenvalue weighted by molar-refractivity contribution is 0.0450. The number of esters is 4. The molecule has 0 radical (unpaired) electrons. The van der Waals surface area contributed by atoms with Crippen molar-refractivity contribution in [2.45, 2.75) is 222 Å². The zero-order valence-corrected chi connectivity index (χ0v) is 43.4. The Balaban J connectivity index is 0.000000671. The summed E-state index contributed by atoms with van der Waals surface area (Å²) in [4.78, 5) is 50.0. The summed E-state index contributed by atoms with van der Waals surface area (Å²) in [5.74, 6) is 1.32. The van der Waals surface area contributed by atoms with Crippen molar-refractivity contribution >= 4 is 23.9 Å². The van der Waals surface area contributed by atoms with Gasteiger partial charge in [0.1, 0.15) is 0 Å². The highest BCUT2D eigenvalue weighted by molar-refractivity contribution is 6.03. The summed E-state index contributed by atoms with van der Waals surface area (Å²) in [6.07, 6.45) is 30.3. The van der Waals surface area contributed by atoms with Crippen LogP contribution in [0.4, 0.5) is 0 Å². The van der Waals surface area contributed by atoms with Gasteiger partial charge in [-0.25, -0.2) is 19.2 Å². The van der Waals surface area contributed by atoms with Gasteiger partial charge >= 0.3 is 23.9 Å². The third-order valence-corrected chi connectivity index (χ3v) is 11.9. The minimum absolute atomic E-state index is 0.291. The Morgan fingerprint density at radius 2 is 0.455 bits per heavy atom. The van der Waals surface area contributed by atoms with Crippen LogP contribution in [0.15, 0.2) is 48.5 Å². The molecule has 8 heteroatoms. The quantitative estimate of drug-likeness (QED) is 0.0373. The van der Waals surface area contributed by atoms with Gasteiger partial charge in [-0.15, -0.1) is 0 Å². The zero-order valence-electron chi connectivity index (χ0n) is 43.4. The highest BCUT2D eigenvalue weighted by atomic mass is 16.5. The Bertz CT molecular complexity index is 1420. The number of benzene rings is 2. The average Bonchev–Trinajstić information content (AvgIpc) is 3.29. The predicted molar refractivity (Wildman–Crippen MR) is 273 cm³/mol. The first-order chi connectivity index (χ1) is 31.8. The fraction of sp³-hybridized carbons (Fsp3) is 0.724. The summed E-state index contributed by atoms with van der Waals surface area (Å²) < 4.78 is 21.7. The van der Waals surface area contributed by atoms with Gasteiger partial charge in [0, 0.05) is 0 Å². The maximum Gasteiger partial charge on any atom is 0.339 e. The van der Waals surface area contributed by atoms with E-state index in [1.165, 1.54) is 103 Å². The molecule has 0 unspecified atom stereocenters. The number of rotatable bonds is 38. The van der Waals surface area contributed by atoms with E-state index in [9.17, 15) is 19.2 Å². The Kier molecular flexibility index (Phi) is 36.9. The van der Waals surface area contributed by atoms with Gasteiger partial charge in [-0.3, -0.25) is 0 Å². The van der Waals surface area contributed by atoms with E-state index in [0.29, 0.717) is 48.7 Å². The smallest absolute Gasteiger partial charge is 0.339 e. The summed E-state index contributed by atoms with van der Waals surface area (Å²) in [6.45, 7) is 19.6. The molecule has 2 rings (SSSR count). The SMILES string of the molecule is CC(C)CCCCCCCCCOC(=O)c1ccccc1C(=O)OCCCCCCCCCC(C)C.CC(C)CCCCCCOC(=O)c1ccccc1C(=O)OCCCCCCC(C)C. The Morgan fingerprint density at radius 3 is 0.636 bits per heavy atom. The molecule has 0 aromatic heterocycles. The number of carbonyl (C=O) groups is 4. The van der Waals surface area contributed by atoms with E-state index in [-0.39, 0.29) is 0 Å². The van der Waals surface area contributed by atoms with Gasteiger partial charge in [0.15, 0.2) is 0 Å². The highest BCUT2D eigenvalue weighted by Crippen LogP contribution is 2.18. The van der Waals surface area contributed by atoms with Gasteiger partial charge in [0.05, 0.1) is 48.7 Å². The van der Waals surface area contributed by atoms with E-state index in [0.717, 1.165) is 87.9 Å². The molecule has 0 aliphatic rings. The van der Waals surface area contributed by atoms with Crippen LogP contribution < -0.4 is 0 Å². The van der Waals surface area contributed by atoms with Gasteiger partial charge in [-0.1, -0.05) is 221 Å². The predicted octanol–water partition coefficient (Wildman–Crippen LogP) is 16.8. The van der Waals surface area contributed by atoms with Crippen LogP contribution in [0, 0.1) is 23.7 Å². The van der Waals surface area contributed by atoms with Crippen molar-refractivity contribution in [2.75, 3.05) is 26.4 Å². The molecular weight excluding hydrogens is 825 g/mol. The number of carbonyl (C=O) groups excluding carboxylic acids is 4. The highest BCUT2D eigenvalue weighted by Gasteiger charge is 2.20. The van der Waals surface area contributed by atoms with Crippen LogP contribution in [0.25, 0.3) is 0 Å². The first-order valence-corrected chi connectivity index (χ1v) is 26.7. The van der Waals surface area contributed by atoms with Crippen molar-refractivity contribution in [3.8, 4) is 0 Å². The number of hydrogen-bond acceptors (Lipinski definition) is 8. The summed E-state index contributed by atoms with van der Waals surface area (Å²) in [5, 5.41) is 0. The van der Waals surface area contributed by atoms with Crippen LogP contribution in [-0.2, 0) is 18.9 Å². The van der Waals surface area contributed by atoms with Crippen molar-refractivity contribution in [1.29, 1.82) is 0 Å². The van der Waals surface area contributed by atoms with E-state index in [1.54, 1.807) is 48.5 Å². The molecule has 0 heterocycles. The van der Waals surface area contributed by atoms with Gasteiger partial charge in [-0.05, 0) is 73.6 Å². The second kappa shape index (κ2) is 40.4.